The van der Waals surface area contributed by atoms with E-state index in [-0.39, 0.29) is 19.0 Å². The Morgan fingerprint density at radius 2 is 2.50 bits per heavy atom. The van der Waals surface area contributed by atoms with Crippen molar-refractivity contribution in [3.8, 4) is 0 Å². The molecule has 0 radical (unpaired) electrons. The van der Waals surface area contributed by atoms with Gasteiger partial charge in [-0.05, 0) is 25.3 Å². The van der Waals surface area contributed by atoms with Crippen molar-refractivity contribution < 1.29 is 14.6 Å². The first kappa shape index (κ1) is 11.5. The van der Waals surface area contributed by atoms with E-state index in [4.69, 9.17) is 9.47 Å². The van der Waals surface area contributed by atoms with E-state index in [0.29, 0.717) is 0 Å². The second-order valence-corrected chi connectivity index (χ2v) is 3.89. The standard InChI is InChI=1S/C12H17NO3/c14-9-11(10-4-3-6-13-8-10)16-12-5-1-2-7-15-12/h3-4,6,8,11-12,14H,1-2,5,7,9H2/t11-,12?/m0/s1. The Morgan fingerprint density at radius 1 is 1.56 bits per heavy atom. The highest BCUT2D eigenvalue weighted by molar-refractivity contribution is 5.12. The summed E-state index contributed by atoms with van der Waals surface area (Å²) < 4.78 is 11.2. The lowest BCUT2D eigenvalue weighted by atomic mass is 10.1. The second kappa shape index (κ2) is 5.94. The first-order valence-corrected chi connectivity index (χ1v) is 5.68. The van der Waals surface area contributed by atoms with Crippen LogP contribution < -0.4 is 0 Å². The Hall–Kier alpha value is -0.970. The normalized spacial score (nSPS) is 22.9. The maximum atomic E-state index is 9.30. The third kappa shape index (κ3) is 3.01. The topological polar surface area (TPSA) is 51.6 Å². The molecule has 1 unspecified atom stereocenters. The molecule has 2 atom stereocenters. The number of rotatable bonds is 4. The second-order valence-electron chi connectivity index (χ2n) is 3.89. The summed E-state index contributed by atoms with van der Waals surface area (Å²) in [4.78, 5) is 4.01. The third-order valence-electron chi connectivity index (χ3n) is 2.68. The van der Waals surface area contributed by atoms with Crippen molar-refractivity contribution in [3.05, 3.63) is 30.1 Å². The molecule has 1 aromatic rings. The molecule has 1 N–H and O–H groups in total. The minimum Gasteiger partial charge on any atom is -0.393 e. The summed E-state index contributed by atoms with van der Waals surface area (Å²) in [5.74, 6) is 0. The highest BCUT2D eigenvalue weighted by Crippen LogP contribution is 2.22. The molecule has 88 valence electrons. The van der Waals surface area contributed by atoms with Gasteiger partial charge in [-0.25, -0.2) is 0 Å². The quantitative estimate of drug-likeness (QED) is 0.843. The van der Waals surface area contributed by atoms with E-state index in [1.807, 2.05) is 12.1 Å². The summed E-state index contributed by atoms with van der Waals surface area (Å²) in [6.45, 7) is 0.696. The predicted molar refractivity (Wildman–Crippen MR) is 58.7 cm³/mol. The molecule has 0 amide bonds. The van der Waals surface area contributed by atoms with Crippen LogP contribution in [0.3, 0.4) is 0 Å². The van der Waals surface area contributed by atoms with Gasteiger partial charge in [-0.2, -0.15) is 0 Å². The van der Waals surface area contributed by atoms with E-state index in [9.17, 15) is 5.11 Å². The molecule has 2 heterocycles. The monoisotopic (exact) mass is 223 g/mol. The summed E-state index contributed by atoms with van der Waals surface area (Å²) >= 11 is 0. The zero-order valence-corrected chi connectivity index (χ0v) is 9.21. The predicted octanol–water partition coefficient (Wildman–Crippen LogP) is 1.66. The summed E-state index contributed by atoms with van der Waals surface area (Å²) in [5.41, 5.74) is 0.888. The molecule has 0 aliphatic carbocycles. The summed E-state index contributed by atoms with van der Waals surface area (Å²) in [7, 11) is 0. The first-order chi connectivity index (χ1) is 7.90. The van der Waals surface area contributed by atoms with E-state index in [2.05, 4.69) is 4.98 Å². The van der Waals surface area contributed by atoms with Gasteiger partial charge in [-0.1, -0.05) is 6.07 Å². The number of aromatic nitrogens is 1. The van der Waals surface area contributed by atoms with Crippen LogP contribution in [0.15, 0.2) is 24.5 Å². The van der Waals surface area contributed by atoms with Gasteiger partial charge in [0.15, 0.2) is 6.29 Å². The van der Waals surface area contributed by atoms with Crippen LogP contribution in [0, 0.1) is 0 Å². The van der Waals surface area contributed by atoms with Gasteiger partial charge in [-0.3, -0.25) is 4.98 Å². The van der Waals surface area contributed by atoms with Crippen LogP contribution in [0.25, 0.3) is 0 Å². The molecule has 4 nitrogen and oxygen atoms in total. The summed E-state index contributed by atoms with van der Waals surface area (Å²) in [6.07, 6.45) is 6.00. The Balaban J connectivity index is 1.94. The molecule has 1 aromatic heterocycles. The van der Waals surface area contributed by atoms with Gasteiger partial charge in [0.05, 0.1) is 6.61 Å². The highest BCUT2D eigenvalue weighted by Gasteiger charge is 2.20. The van der Waals surface area contributed by atoms with E-state index in [1.54, 1.807) is 12.4 Å². The zero-order valence-electron chi connectivity index (χ0n) is 9.21. The number of hydrogen-bond donors (Lipinski definition) is 1. The molecule has 1 fully saturated rings. The molecule has 0 aromatic carbocycles. The van der Waals surface area contributed by atoms with Crippen molar-refractivity contribution in [2.75, 3.05) is 13.2 Å². The number of ether oxygens (including phenoxy) is 2. The number of aliphatic hydroxyl groups is 1. The fourth-order valence-corrected chi connectivity index (χ4v) is 1.80. The Labute approximate surface area is 95.2 Å². The largest absolute Gasteiger partial charge is 0.393 e. The average molecular weight is 223 g/mol. The Morgan fingerprint density at radius 3 is 3.12 bits per heavy atom. The number of hydrogen-bond acceptors (Lipinski definition) is 4. The summed E-state index contributed by atoms with van der Waals surface area (Å²) in [5, 5.41) is 9.30. The number of pyridine rings is 1. The molecule has 1 aliphatic heterocycles. The Bertz CT molecular complexity index is 298. The highest BCUT2D eigenvalue weighted by atomic mass is 16.7. The van der Waals surface area contributed by atoms with Crippen molar-refractivity contribution in [3.63, 3.8) is 0 Å². The molecule has 0 spiro atoms. The van der Waals surface area contributed by atoms with Crippen LogP contribution in [0.2, 0.25) is 0 Å². The van der Waals surface area contributed by atoms with Gasteiger partial charge in [0, 0.05) is 24.6 Å². The molecule has 1 aliphatic rings. The van der Waals surface area contributed by atoms with Gasteiger partial charge in [0.1, 0.15) is 6.10 Å². The van der Waals surface area contributed by atoms with Crippen LogP contribution in [0.5, 0.6) is 0 Å². The molecular formula is C12H17NO3. The SMILES string of the molecule is OC[C@H](OC1CCCCO1)c1cccnc1. The maximum absolute atomic E-state index is 9.30. The fraction of sp³-hybridized carbons (Fsp3) is 0.583. The van der Waals surface area contributed by atoms with E-state index < -0.39 is 0 Å². The molecule has 4 heteroatoms. The van der Waals surface area contributed by atoms with E-state index >= 15 is 0 Å². The van der Waals surface area contributed by atoms with Crippen molar-refractivity contribution in [2.24, 2.45) is 0 Å². The van der Waals surface area contributed by atoms with Crippen molar-refractivity contribution in [1.82, 2.24) is 4.98 Å². The lowest BCUT2D eigenvalue weighted by molar-refractivity contribution is -0.196. The maximum Gasteiger partial charge on any atom is 0.158 e. The van der Waals surface area contributed by atoms with E-state index in [1.165, 1.54) is 0 Å². The van der Waals surface area contributed by atoms with Crippen LogP contribution in [0.1, 0.15) is 30.9 Å². The number of aliphatic hydroxyl groups excluding tert-OH is 1. The lowest BCUT2D eigenvalue weighted by Gasteiger charge is -2.26. The molecule has 2 rings (SSSR count). The van der Waals surface area contributed by atoms with Crippen LogP contribution >= 0.6 is 0 Å². The van der Waals surface area contributed by atoms with Gasteiger partial charge >= 0.3 is 0 Å². The van der Waals surface area contributed by atoms with Gasteiger partial charge < -0.3 is 14.6 Å². The van der Waals surface area contributed by atoms with Crippen LogP contribution in [-0.4, -0.2) is 29.6 Å². The van der Waals surface area contributed by atoms with Crippen LogP contribution in [0.4, 0.5) is 0 Å². The van der Waals surface area contributed by atoms with Crippen LogP contribution in [-0.2, 0) is 9.47 Å². The van der Waals surface area contributed by atoms with Crippen molar-refractivity contribution >= 4 is 0 Å². The van der Waals surface area contributed by atoms with Gasteiger partial charge in [-0.15, -0.1) is 0 Å². The molecule has 0 bridgehead atoms. The number of nitrogens with zero attached hydrogens (tertiary/aromatic N) is 1. The molecule has 0 saturated carbocycles. The molecular weight excluding hydrogens is 206 g/mol. The average Bonchev–Trinajstić information content (AvgIpc) is 2.38. The van der Waals surface area contributed by atoms with Crippen molar-refractivity contribution in [2.45, 2.75) is 31.7 Å². The minimum absolute atomic E-state index is 0.0500. The van der Waals surface area contributed by atoms with Crippen molar-refractivity contribution in [1.29, 1.82) is 0 Å². The summed E-state index contributed by atoms with van der Waals surface area (Å²) in [6, 6.07) is 3.74. The molecule has 16 heavy (non-hydrogen) atoms. The lowest BCUT2D eigenvalue weighted by Crippen LogP contribution is -2.25. The first-order valence-electron chi connectivity index (χ1n) is 5.68. The van der Waals surface area contributed by atoms with Gasteiger partial charge in [0.2, 0.25) is 0 Å². The van der Waals surface area contributed by atoms with E-state index in [0.717, 1.165) is 31.4 Å². The van der Waals surface area contributed by atoms with Gasteiger partial charge in [0.25, 0.3) is 0 Å². The minimum atomic E-state index is -0.336. The zero-order chi connectivity index (χ0) is 11.2. The third-order valence-corrected chi connectivity index (χ3v) is 2.68. The molecule has 1 saturated heterocycles. The fourth-order valence-electron chi connectivity index (χ4n) is 1.80. The Kier molecular flexibility index (Phi) is 4.27. The smallest absolute Gasteiger partial charge is 0.158 e.